The molecule has 0 spiro atoms. The molecule has 0 amide bonds. The fourth-order valence-electron chi connectivity index (χ4n) is 4.34. The van der Waals surface area contributed by atoms with Crippen LogP contribution in [0.3, 0.4) is 0 Å². The standard InChI is InChI=1S/C25H20ClF2NO4/c26-15-8-9-21(16(11-15)14-5-2-1-3-6-14)32-22-13-18(27)17(12-19(22)28)23-24(33-23)29-10-4-7-20(29)25(30)31/h1-3,5-6,8-9,11-13,20,23-24H,4,7,10H2,(H,30,31)/t20-,23?,24?/m0/s1. The zero-order valence-electron chi connectivity index (χ0n) is 17.4. The van der Waals surface area contributed by atoms with Gasteiger partial charge in [-0.1, -0.05) is 41.9 Å². The van der Waals surface area contributed by atoms with Gasteiger partial charge in [-0.15, -0.1) is 0 Å². The van der Waals surface area contributed by atoms with Crippen molar-refractivity contribution < 1.29 is 28.2 Å². The van der Waals surface area contributed by atoms with Gasteiger partial charge < -0.3 is 14.6 Å². The summed E-state index contributed by atoms with van der Waals surface area (Å²) >= 11 is 6.14. The number of carboxylic acid groups (broad SMARTS) is 1. The zero-order valence-corrected chi connectivity index (χ0v) is 18.1. The number of halogens is 3. The molecule has 3 aromatic rings. The molecular weight excluding hydrogens is 452 g/mol. The van der Waals surface area contributed by atoms with Gasteiger partial charge in [-0.3, -0.25) is 9.69 Å². The first-order chi connectivity index (χ1) is 15.9. The summed E-state index contributed by atoms with van der Waals surface area (Å²) < 4.78 is 41.2. The van der Waals surface area contributed by atoms with E-state index < -0.39 is 36.0 Å². The zero-order chi connectivity index (χ0) is 23.1. The largest absolute Gasteiger partial charge is 0.480 e. The van der Waals surface area contributed by atoms with Crippen LogP contribution < -0.4 is 4.74 Å². The molecule has 2 unspecified atom stereocenters. The minimum Gasteiger partial charge on any atom is -0.480 e. The summed E-state index contributed by atoms with van der Waals surface area (Å²) in [6.07, 6.45) is -0.0619. The molecule has 2 saturated heterocycles. The summed E-state index contributed by atoms with van der Waals surface area (Å²) in [5.41, 5.74) is 1.51. The fraction of sp³-hybridized carbons (Fsp3) is 0.240. The van der Waals surface area contributed by atoms with Gasteiger partial charge in [-0.05, 0) is 42.7 Å². The van der Waals surface area contributed by atoms with E-state index in [2.05, 4.69) is 0 Å². The average molecular weight is 472 g/mol. The van der Waals surface area contributed by atoms with Crippen LogP contribution in [0.5, 0.6) is 11.5 Å². The molecule has 0 aromatic heterocycles. The van der Waals surface area contributed by atoms with Crippen molar-refractivity contribution in [1.29, 1.82) is 0 Å². The van der Waals surface area contributed by atoms with Crippen LogP contribution in [0.15, 0.2) is 60.7 Å². The molecule has 2 heterocycles. The van der Waals surface area contributed by atoms with Crippen molar-refractivity contribution in [3.63, 3.8) is 0 Å². The third-order valence-corrected chi connectivity index (χ3v) is 6.21. The fourth-order valence-corrected chi connectivity index (χ4v) is 4.51. The Kier molecular flexibility index (Phi) is 5.78. The second-order valence-corrected chi connectivity index (χ2v) is 8.53. The number of ether oxygens (including phenoxy) is 2. The Balaban J connectivity index is 1.39. The van der Waals surface area contributed by atoms with Crippen LogP contribution in [-0.4, -0.2) is 34.8 Å². The molecule has 170 valence electrons. The van der Waals surface area contributed by atoms with Gasteiger partial charge in [-0.2, -0.15) is 0 Å². The van der Waals surface area contributed by atoms with E-state index in [1.54, 1.807) is 23.1 Å². The van der Waals surface area contributed by atoms with Gasteiger partial charge >= 0.3 is 5.97 Å². The lowest BCUT2D eigenvalue weighted by atomic mass is 10.0. The Labute approximate surface area is 194 Å². The van der Waals surface area contributed by atoms with E-state index in [0.29, 0.717) is 29.3 Å². The van der Waals surface area contributed by atoms with Crippen LogP contribution in [0.1, 0.15) is 24.5 Å². The SMILES string of the molecule is O=C(O)[C@@H]1CCCN1C1OC1c1cc(F)c(Oc2ccc(Cl)cc2-c2ccccc2)cc1F. The van der Waals surface area contributed by atoms with Gasteiger partial charge in [0.05, 0.1) is 0 Å². The van der Waals surface area contributed by atoms with E-state index in [1.165, 1.54) is 0 Å². The average Bonchev–Trinajstić information content (AvgIpc) is 3.43. The number of hydrogen-bond donors (Lipinski definition) is 1. The molecule has 33 heavy (non-hydrogen) atoms. The molecule has 0 aliphatic carbocycles. The number of carboxylic acids is 1. The van der Waals surface area contributed by atoms with Gasteiger partial charge in [0.2, 0.25) is 0 Å². The number of rotatable bonds is 6. The van der Waals surface area contributed by atoms with Crippen LogP contribution in [0.25, 0.3) is 11.1 Å². The monoisotopic (exact) mass is 471 g/mol. The molecule has 1 N–H and O–H groups in total. The van der Waals surface area contributed by atoms with Crippen molar-refractivity contribution in [1.82, 2.24) is 4.90 Å². The summed E-state index contributed by atoms with van der Waals surface area (Å²) in [5, 5.41) is 9.85. The van der Waals surface area contributed by atoms with E-state index in [-0.39, 0.29) is 11.3 Å². The highest BCUT2D eigenvalue weighted by Gasteiger charge is 2.51. The smallest absolute Gasteiger partial charge is 0.320 e. The first-order valence-electron chi connectivity index (χ1n) is 10.6. The Morgan fingerprint density at radius 2 is 1.85 bits per heavy atom. The molecule has 5 rings (SSSR count). The van der Waals surface area contributed by atoms with Crippen molar-refractivity contribution >= 4 is 17.6 Å². The predicted molar refractivity (Wildman–Crippen MR) is 118 cm³/mol. The lowest BCUT2D eigenvalue weighted by Crippen LogP contribution is -2.38. The van der Waals surface area contributed by atoms with Crippen LogP contribution in [0.2, 0.25) is 5.02 Å². The minimum atomic E-state index is -0.936. The molecule has 3 aromatic carbocycles. The second kappa shape index (κ2) is 8.74. The molecule has 8 heteroatoms. The Morgan fingerprint density at radius 3 is 2.61 bits per heavy atom. The summed E-state index contributed by atoms with van der Waals surface area (Å²) in [6, 6.07) is 15.6. The number of epoxide rings is 1. The molecule has 0 bridgehead atoms. The van der Waals surface area contributed by atoms with Crippen LogP contribution in [0.4, 0.5) is 8.78 Å². The summed E-state index contributed by atoms with van der Waals surface area (Å²) in [7, 11) is 0. The highest BCUT2D eigenvalue weighted by atomic mass is 35.5. The van der Waals surface area contributed by atoms with Gasteiger partial charge in [-0.25, -0.2) is 8.78 Å². The van der Waals surface area contributed by atoms with Gasteiger partial charge in [0.25, 0.3) is 0 Å². The Morgan fingerprint density at radius 1 is 1.06 bits per heavy atom. The number of carbonyl (C=O) groups is 1. The first-order valence-corrected chi connectivity index (χ1v) is 11.0. The molecule has 0 radical (unpaired) electrons. The maximum Gasteiger partial charge on any atom is 0.320 e. The maximum absolute atomic E-state index is 14.9. The van der Waals surface area contributed by atoms with E-state index in [0.717, 1.165) is 24.1 Å². The van der Waals surface area contributed by atoms with Gasteiger partial charge in [0, 0.05) is 28.8 Å². The summed E-state index contributed by atoms with van der Waals surface area (Å²) in [5.74, 6) is -2.29. The molecule has 3 atom stereocenters. The molecule has 2 aliphatic rings. The third-order valence-electron chi connectivity index (χ3n) is 5.98. The van der Waals surface area contributed by atoms with Crippen molar-refractivity contribution in [2.45, 2.75) is 31.2 Å². The minimum absolute atomic E-state index is 0.0419. The normalized spacial score (nSPS) is 22.3. The maximum atomic E-state index is 14.9. The number of benzene rings is 3. The Bertz CT molecular complexity index is 1210. The molecule has 2 aliphatic heterocycles. The molecular formula is C25H20ClF2NO4. The quantitative estimate of drug-likeness (QED) is 0.445. The predicted octanol–water partition coefficient (Wildman–Crippen LogP) is 6.02. The topological polar surface area (TPSA) is 62.3 Å². The highest BCUT2D eigenvalue weighted by Crippen LogP contribution is 2.46. The van der Waals surface area contributed by atoms with Crippen molar-refractivity contribution in [3.8, 4) is 22.6 Å². The highest BCUT2D eigenvalue weighted by molar-refractivity contribution is 6.31. The number of hydrogen-bond acceptors (Lipinski definition) is 4. The van der Waals surface area contributed by atoms with Crippen LogP contribution in [0, 0.1) is 11.6 Å². The molecule has 0 saturated carbocycles. The van der Waals surface area contributed by atoms with Crippen molar-refractivity contribution in [3.05, 3.63) is 82.9 Å². The van der Waals surface area contributed by atoms with Gasteiger partial charge in [0.15, 0.2) is 11.6 Å². The third kappa shape index (κ3) is 4.31. The lowest BCUT2D eigenvalue weighted by molar-refractivity contribution is -0.142. The van der Waals surface area contributed by atoms with Crippen molar-refractivity contribution in [2.24, 2.45) is 0 Å². The van der Waals surface area contributed by atoms with Crippen molar-refractivity contribution in [2.75, 3.05) is 6.54 Å². The van der Waals surface area contributed by atoms with E-state index in [9.17, 15) is 18.7 Å². The second-order valence-electron chi connectivity index (χ2n) is 8.09. The number of likely N-dealkylation sites (tertiary alicyclic amines) is 1. The van der Waals surface area contributed by atoms with E-state index >= 15 is 0 Å². The number of aliphatic carboxylic acids is 1. The number of nitrogens with zero attached hydrogens (tertiary/aromatic N) is 1. The van der Waals surface area contributed by atoms with Gasteiger partial charge in [0.1, 0.15) is 29.9 Å². The lowest BCUT2D eigenvalue weighted by Gasteiger charge is -2.18. The van der Waals surface area contributed by atoms with Crippen LogP contribution in [-0.2, 0) is 9.53 Å². The van der Waals surface area contributed by atoms with Crippen LogP contribution >= 0.6 is 11.6 Å². The Hall–Kier alpha value is -3.00. The van der Waals surface area contributed by atoms with E-state index in [1.807, 2.05) is 30.3 Å². The molecule has 5 nitrogen and oxygen atoms in total. The first kappa shape index (κ1) is 21.8. The van der Waals surface area contributed by atoms with E-state index in [4.69, 9.17) is 21.1 Å². The summed E-state index contributed by atoms with van der Waals surface area (Å²) in [4.78, 5) is 13.1. The molecule has 2 fully saturated rings. The summed E-state index contributed by atoms with van der Waals surface area (Å²) in [6.45, 7) is 0.544.